The first-order valence-corrected chi connectivity index (χ1v) is 3.94. The zero-order valence-electron chi connectivity index (χ0n) is 9.04. The van der Waals surface area contributed by atoms with Crippen LogP contribution in [0, 0.1) is 10.1 Å². The number of hydrogen-bond donors (Lipinski definition) is 3. The number of hydrogen-bond acceptors (Lipinski definition) is 6. The number of benzene rings is 1. The van der Waals surface area contributed by atoms with Crippen LogP contribution in [-0.4, -0.2) is 31.2 Å². The minimum Gasteiger partial charge on any atom is -0.870 e. The summed E-state index contributed by atoms with van der Waals surface area (Å²) in [4.78, 5) is 8.36. The first-order chi connectivity index (χ1) is 7.20. The number of rotatable bonds is 1. The van der Waals surface area contributed by atoms with E-state index in [1.807, 2.05) is 30.3 Å². The SMILES string of the molecule is N.O=[N+]([O-])O.[OH-].[Pt+2].c1ccc(-c2cn[nH]n2)cc1. The molecule has 9 nitrogen and oxygen atoms in total. The average molecular weight is 437 g/mol. The summed E-state index contributed by atoms with van der Waals surface area (Å²) in [5.74, 6) is 0. The fourth-order valence-electron chi connectivity index (χ4n) is 0.950. The van der Waals surface area contributed by atoms with Gasteiger partial charge >= 0.3 is 21.1 Å². The van der Waals surface area contributed by atoms with Crippen LogP contribution in [0.15, 0.2) is 36.5 Å². The molecular formula is C8H12N5O4Pt+. The Morgan fingerprint density at radius 2 is 1.78 bits per heavy atom. The summed E-state index contributed by atoms with van der Waals surface area (Å²) in [6, 6.07) is 9.92. The zero-order valence-corrected chi connectivity index (χ0v) is 11.3. The van der Waals surface area contributed by atoms with Crippen LogP contribution >= 0.6 is 0 Å². The molecule has 0 aliphatic rings. The maximum absolute atomic E-state index is 8.36. The number of aromatic amines is 1. The molecule has 1 aromatic heterocycles. The molecule has 0 atom stereocenters. The minimum absolute atomic E-state index is 0. The van der Waals surface area contributed by atoms with Gasteiger partial charge in [-0.3, -0.25) is 0 Å². The molecule has 6 N–H and O–H groups in total. The molecule has 2 aromatic rings. The van der Waals surface area contributed by atoms with Gasteiger partial charge < -0.3 is 16.8 Å². The van der Waals surface area contributed by atoms with Gasteiger partial charge in [0.05, 0.1) is 6.20 Å². The number of nitrogens with zero attached hydrogens (tertiary/aromatic N) is 3. The van der Waals surface area contributed by atoms with E-state index < -0.39 is 5.09 Å². The van der Waals surface area contributed by atoms with Crippen molar-refractivity contribution in [2.45, 2.75) is 0 Å². The van der Waals surface area contributed by atoms with Crippen molar-refractivity contribution in [1.29, 1.82) is 0 Å². The molecule has 1 heterocycles. The van der Waals surface area contributed by atoms with Crippen molar-refractivity contribution in [3.8, 4) is 11.3 Å². The Balaban J connectivity index is -0.000000289. The summed E-state index contributed by atoms with van der Waals surface area (Å²) in [5, 5.41) is 23.9. The molecule has 2 rings (SSSR count). The second-order valence-corrected chi connectivity index (χ2v) is 2.46. The van der Waals surface area contributed by atoms with Crippen LogP contribution in [0.4, 0.5) is 0 Å². The maximum atomic E-state index is 8.36. The molecule has 0 radical (unpaired) electrons. The van der Waals surface area contributed by atoms with E-state index in [1.165, 1.54) is 0 Å². The van der Waals surface area contributed by atoms with Gasteiger partial charge in [-0.15, -0.1) is 10.1 Å². The predicted octanol–water partition coefficient (Wildman–Crippen LogP) is 1.11. The molecule has 0 fully saturated rings. The molecule has 0 bridgehead atoms. The van der Waals surface area contributed by atoms with Gasteiger partial charge in [-0.05, 0) is 0 Å². The van der Waals surface area contributed by atoms with Crippen molar-refractivity contribution in [2.24, 2.45) is 0 Å². The quantitative estimate of drug-likeness (QED) is 0.443. The van der Waals surface area contributed by atoms with Crippen LogP contribution in [0.3, 0.4) is 0 Å². The molecule has 0 aliphatic heterocycles. The summed E-state index contributed by atoms with van der Waals surface area (Å²) in [6.45, 7) is 0. The van der Waals surface area contributed by atoms with Gasteiger partial charge in [-0.2, -0.15) is 15.4 Å². The Morgan fingerprint density at radius 1 is 1.28 bits per heavy atom. The van der Waals surface area contributed by atoms with E-state index >= 15 is 0 Å². The third-order valence-electron chi connectivity index (χ3n) is 1.48. The van der Waals surface area contributed by atoms with E-state index in [0.29, 0.717) is 0 Å². The first-order valence-electron chi connectivity index (χ1n) is 3.94. The normalized spacial score (nSPS) is 7.33. The van der Waals surface area contributed by atoms with Crippen LogP contribution in [0.25, 0.3) is 11.3 Å². The first kappa shape index (κ1) is 21.5. The van der Waals surface area contributed by atoms with Gasteiger partial charge in [0.2, 0.25) is 0 Å². The Hall–Kier alpha value is -1.83. The third kappa shape index (κ3) is 8.34. The summed E-state index contributed by atoms with van der Waals surface area (Å²) in [6.07, 6.45) is 1.70. The van der Waals surface area contributed by atoms with E-state index in [4.69, 9.17) is 15.3 Å². The van der Waals surface area contributed by atoms with Crippen LogP contribution in [0.2, 0.25) is 0 Å². The molecule has 0 spiro atoms. The molecular weight excluding hydrogens is 425 g/mol. The maximum Gasteiger partial charge on any atom is 2.00 e. The second-order valence-electron chi connectivity index (χ2n) is 2.46. The molecule has 10 heteroatoms. The molecule has 1 aromatic carbocycles. The Kier molecular flexibility index (Phi) is 13.9. The Morgan fingerprint density at radius 3 is 2.17 bits per heavy atom. The van der Waals surface area contributed by atoms with E-state index in [2.05, 4.69) is 15.4 Å². The zero-order chi connectivity index (χ0) is 11.1. The number of H-pyrrole nitrogens is 1. The topological polar surface area (TPSA) is 170 Å². The smallest absolute Gasteiger partial charge is 0.870 e. The van der Waals surface area contributed by atoms with E-state index in [1.54, 1.807) is 6.20 Å². The van der Waals surface area contributed by atoms with Crippen molar-refractivity contribution in [3.05, 3.63) is 46.6 Å². The molecule has 0 unspecified atom stereocenters. The van der Waals surface area contributed by atoms with E-state index in [-0.39, 0.29) is 32.7 Å². The summed E-state index contributed by atoms with van der Waals surface area (Å²) in [5.41, 5.74) is 1.96. The predicted molar refractivity (Wildman–Crippen MR) is 57.6 cm³/mol. The monoisotopic (exact) mass is 437 g/mol. The summed E-state index contributed by atoms with van der Waals surface area (Å²) >= 11 is 0. The van der Waals surface area contributed by atoms with E-state index in [0.717, 1.165) is 11.3 Å². The fourth-order valence-corrected chi connectivity index (χ4v) is 0.950. The largest absolute Gasteiger partial charge is 2.00 e. The van der Waals surface area contributed by atoms with E-state index in [9.17, 15) is 0 Å². The molecule has 0 saturated carbocycles. The third-order valence-corrected chi connectivity index (χ3v) is 1.48. The van der Waals surface area contributed by atoms with Gasteiger partial charge in [0.15, 0.2) is 0 Å². The molecule has 0 aliphatic carbocycles. The summed E-state index contributed by atoms with van der Waals surface area (Å²) in [7, 11) is 0. The second kappa shape index (κ2) is 11.6. The van der Waals surface area contributed by atoms with Crippen LogP contribution in [0.1, 0.15) is 0 Å². The summed E-state index contributed by atoms with van der Waals surface area (Å²) < 4.78 is 0. The van der Waals surface area contributed by atoms with Crippen molar-refractivity contribution in [2.75, 3.05) is 0 Å². The van der Waals surface area contributed by atoms with Gasteiger partial charge in [-0.25, -0.2) is 0 Å². The van der Waals surface area contributed by atoms with Crippen molar-refractivity contribution in [3.63, 3.8) is 0 Å². The number of aromatic nitrogens is 3. The van der Waals surface area contributed by atoms with Crippen molar-refractivity contribution < 1.29 is 36.8 Å². The molecule has 0 amide bonds. The van der Waals surface area contributed by atoms with Gasteiger partial charge in [-0.1, -0.05) is 30.3 Å². The fraction of sp³-hybridized carbons (Fsp3) is 0. The number of nitrogens with one attached hydrogen (secondary N) is 1. The van der Waals surface area contributed by atoms with Crippen LogP contribution in [-0.2, 0) is 21.1 Å². The van der Waals surface area contributed by atoms with Gasteiger partial charge in [0, 0.05) is 5.56 Å². The van der Waals surface area contributed by atoms with Gasteiger partial charge in [0.25, 0.3) is 5.09 Å². The standard InChI is InChI=1S/C8H7N3.HNO3.H3N.H2O.Pt/c1-2-4-7(5-3-1)8-6-9-11-10-8;2-1(3)4;;;/h1-6H,(H,9,10,11);(H,2,3,4);1H3;1H2;/q;;;;+2/p-1. The minimum atomic E-state index is -1.50. The van der Waals surface area contributed by atoms with Crippen LogP contribution < -0.4 is 6.15 Å². The Labute approximate surface area is 116 Å². The molecule has 102 valence electrons. The van der Waals surface area contributed by atoms with Gasteiger partial charge in [0.1, 0.15) is 5.69 Å². The Bertz CT molecular complexity index is 407. The van der Waals surface area contributed by atoms with Crippen molar-refractivity contribution >= 4 is 0 Å². The van der Waals surface area contributed by atoms with Crippen LogP contribution in [0.5, 0.6) is 0 Å². The molecule has 0 saturated heterocycles. The molecule has 18 heavy (non-hydrogen) atoms. The van der Waals surface area contributed by atoms with Crippen molar-refractivity contribution in [1.82, 2.24) is 21.6 Å². The average Bonchev–Trinajstić information content (AvgIpc) is 2.71.